The van der Waals surface area contributed by atoms with Crippen molar-refractivity contribution in [3.63, 3.8) is 0 Å². The summed E-state index contributed by atoms with van der Waals surface area (Å²) in [7, 11) is 1.17. The van der Waals surface area contributed by atoms with E-state index in [0.29, 0.717) is 17.4 Å². The van der Waals surface area contributed by atoms with Gasteiger partial charge in [-0.2, -0.15) is 0 Å². The Morgan fingerprint density at radius 1 is 0.654 bits per heavy atom. The van der Waals surface area contributed by atoms with Crippen molar-refractivity contribution in [3.05, 3.63) is 12.2 Å². The van der Waals surface area contributed by atoms with Crippen LogP contribution in [-0.2, 0) is 32.7 Å². The van der Waals surface area contributed by atoms with Crippen LogP contribution in [0.25, 0.3) is 0 Å². The second-order valence-corrected chi connectivity index (χ2v) is 17.1. The normalized spacial score (nSPS) is 13.7. The Balaban J connectivity index is 4.37. The number of hydrogen-bond acceptors (Lipinski definition) is 8. The van der Waals surface area contributed by atoms with Gasteiger partial charge in [-0.1, -0.05) is 154 Å². The Bertz CT molecular complexity index is 907. The summed E-state index contributed by atoms with van der Waals surface area (Å²) in [6.45, 7) is 4.22. The zero-order valence-corrected chi connectivity index (χ0v) is 35.4. The maximum absolute atomic E-state index is 12.6. The maximum Gasteiger partial charge on any atom is 0.306 e. The van der Waals surface area contributed by atoms with Gasteiger partial charge in [-0.3, -0.25) is 14.2 Å². The fourth-order valence-electron chi connectivity index (χ4n) is 5.88. The van der Waals surface area contributed by atoms with Crippen molar-refractivity contribution in [2.24, 2.45) is 0 Å². The van der Waals surface area contributed by atoms with Gasteiger partial charge in [0.1, 0.15) is 19.8 Å². The molecule has 0 amide bonds. The number of likely N-dealkylation sites (N-methyl/N-ethyl adjacent to an activating group) is 1. The van der Waals surface area contributed by atoms with E-state index >= 15 is 0 Å². The maximum atomic E-state index is 12.6. The molecule has 0 aromatic heterocycles. The number of ether oxygens (including phenoxy) is 2. The molecule has 0 radical (unpaired) electrons. The number of hydrogen-bond donors (Lipinski definition) is 0. The first-order valence-electron chi connectivity index (χ1n) is 21.4. The quantitative estimate of drug-likeness (QED) is 0.0200. The zero-order valence-electron chi connectivity index (χ0n) is 34.5. The Hall–Kier alpha value is -1.25. The van der Waals surface area contributed by atoms with Gasteiger partial charge in [-0.15, -0.1) is 0 Å². The van der Waals surface area contributed by atoms with Crippen molar-refractivity contribution in [3.8, 4) is 0 Å². The molecule has 0 saturated carbocycles. The Morgan fingerprint density at radius 3 is 1.58 bits per heavy atom. The molecule has 0 aliphatic carbocycles. The molecule has 0 bridgehead atoms. The Morgan fingerprint density at radius 2 is 1.10 bits per heavy atom. The van der Waals surface area contributed by atoms with E-state index in [0.717, 1.165) is 51.4 Å². The average Bonchev–Trinajstić information content (AvgIpc) is 3.09. The first-order chi connectivity index (χ1) is 25.0. The number of phosphoric acid groups is 1. The highest BCUT2D eigenvalue weighted by atomic mass is 31.2. The molecule has 9 nitrogen and oxygen atoms in total. The summed E-state index contributed by atoms with van der Waals surface area (Å²) in [5, 5.41) is 0. The molecule has 0 aliphatic rings. The van der Waals surface area contributed by atoms with E-state index in [-0.39, 0.29) is 32.0 Å². The number of quaternary nitrogens is 1. The van der Waals surface area contributed by atoms with Crippen LogP contribution in [0, 0.1) is 0 Å². The van der Waals surface area contributed by atoms with Crippen LogP contribution in [0.5, 0.6) is 0 Å². The van der Waals surface area contributed by atoms with Crippen LogP contribution in [0.1, 0.15) is 194 Å². The van der Waals surface area contributed by atoms with E-state index in [4.69, 9.17) is 18.5 Å². The second kappa shape index (κ2) is 35.5. The summed E-state index contributed by atoms with van der Waals surface area (Å²) < 4.78 is 33.8. The number of esters is 2. The molecule has 0 rings (SSSR count). The number of rotatable bonds is 39. The highest BCUT2D eigenvalue weighted by Gasteiger charge is 2.21. The highest BCUT2D eigenvalue weighted by Crippen LogP contribution is 2.38. The molecule has 0 spiro atoms. The number of phosphoric ester groups is 1. The van der Waals surface area contributed by atoms with Crippen molar-refractivity contribution < 1.29 is 42.1 Å². The van der Waals surface area contributed by atoms with E-state index in [1.54, 1.807) is 0 Å². The lowest BCUT2D eigenvalue weighted by Crippen LogP contribution is -2.37. The lowest BCUT2D eigenvalue weighted by molar-refractivity contribution is -0.870. The highest BCUT2D eigenvalue weighted by molar-refractivity contribution is 7.45. The molecular formula is C42H82NO8P. The van der Waals surface area contributed by atoms with E-state index in [1.807, 2.05) is 21.1 Å². The Labute approximate surface area is 320 Å². The first kappa shape index (κ1) is 50.8. The SMILES string of the molecule is CCCCCCCC/C=C\CCCCCCC[14C](=O)O[C@H](COC(=O)CCCCCCCCCCCCCCC)COP(=O)([O-])OCC[N+](C)(C)C. The van der Waals surface area contributed by atoms with Crippen molar-refractivity contribution in [1.82, 2.24) is 0 Å². The summed E-state index contributed by atoms with van der Waals surface area (Å²) in [5.41, 5.74) is 0. The third kappa shape index (κ3) is 38.5. The van der Waals surface area contributed by atoms with Gasteiger partial charge in [0.2, 0.25) is 0 Å². The van der Waals surface area contributed by atoms with E-state index in [2.05, 4.69) is 26.0 Å². The van der Waals surface area contributed by atoms with E-state index in [1.165, 1.54) is 109 Å². The molecule has 0 aromatic carbocycles. The fourth-order valence-corrected chi connectivity index (χ4v) is 6.61. The smallest absolute Gasteiger partial charge is 0.306 e. The number of carbonyl (C=O) groups excluding carboxylic acids is 2. The molecular weight excluding hydrogens is 679 g/mol. The summed E-state index contributed by atoms with van der Waals surface area (Å²) in [5.74, 6) is -0.837. The largest absolute Gasteiger partial charge is 0.756 e. The van der Waals surface area contributed by atoms with Gasteiger partial charge < -0.3 is 27.9 Å². The molecule has 10 heteroatoms. The van der Waals surface area contributed by atoms with Crippen molar-refractivity contribution in [1.29, 1.82) is 0 Å². The lowest BCUT2D eigenvalue weighted by Gasteiger charge is -2.28. The summed E-state index contributed by atoms with van der Waals surface area (Å²) in [6.07, 6.45) is 35.1. The van der Waals surface area contributed by atoms with Crippen molar-refractivity contribution in [2.45, 2.75) is 200 Å². The average molecular weight is 762 g/mol. The predicted octanol–water partition coefficient (Wildman–Crippen LogP) is 11.2. The molecule has 0 N–H and O–H groups in total. The van der Waals surface area contributed by atoms with Crippen LogP contribution < -0.4 is 4.89 Å². The molecule has 0 heterocycles. The van der Waals surface area contributed by atoms with Crippen LogP contribution in [0.15, 0.2) is 12.2 Å². The van der Waals surface area contributed by atoms with Gasteiger partial charge in [-0.25, -0.2) is 0 Å². The molecule has 52 heavy (non-hydrogen) atoms. The molecule has 0 aromatic rings. The van der Waals surface area contributed by atoms with Gasteiger partial charge in [-0.05, 0) is 38.5 Å². The number of unbranched alkanes of at least 4 members (excludes halogenated alkanes) is 23. The minimum Gasteiger partial charge on any atom is -0.756 e. The van der Waals surface area contributed by atoms with Gasteiger partial charge in [0.25, 0.3) is 7.82 Å². The fraction of sp³-hybridized carbons (Fsp3) is 0.905. The molecule has 0 aliphatic heterocycles. The number of allylic oxidation sites excluding steroid dienone is 2. The predicted molar refractivity (Wildman–Crippen MR) is 213 cm³/mol. The minimum absolute atomic E-state index is 0.0294. The summed E-state index contributed by atoms with van der Waals surface area (Å²) in [6, 6.07) is 0. The van der Waals surface area contributed by atoms with Gasteiger partial charge in [0.05, 0.1) is 27.7 Å². The van der Waals surface area contributed by atoms with Crippen LogP contribution in [0.2, 0.25) is 0 Å². The topological polar surface area (TPSA) is 111 Å². The van der Waals surface area contributed by atoms with Crippen LogP contribution in [-0.4, -0.2) is 70.0 Å². The van der Waals surface area contributed by atoms with Crippen LogP contribution in [0.4, 0.5) is 0 Å². The lowest BCUT2D eigenvalue weighted by atomic mass is 10.0. The van der Waals surface area contributed by atoms with E-state index in [9.17, 15) is 19.0 Å². The number of carbonyl (C=O) groups is 2. The number of nitrogens with zero attached hydrogens (tertiary/aromatic N) is 1. The van der Waals surface area contributed by atoms with Gasteiger partial charge in [0, 0.05) is 12.8 Å². The zero-order chi connectivity index (χ0) is 38.6. The Kier molecular flexibility index (Phi) is 34.6. The summed E-state index contributed by atoms with van der Waals surface area (Å²) in [4.78, 5) is 37.4. The van der Waals surface area contributed by atoms with E-state index < -0.39 is 26.5 Å². The minimum atomic E-state index is -4.62. The van der Waals surface area contributed by atoms with Gasteiger partial charge >= 0.3 is 11.9 Å². The van der Waals surface area contributed by atoms with Gasteiger partial charge in [0.15, 0.2) is 6.10 Å². The van der Waals surface area contributed by atoms with Crippen LogP contribution >= 0.6 is 7.82 Å². The standard InChI is InChI=1S/C42H82NO8P/c1-6-8-10-12-14-16-18-20-21-23-25-27-29-31-33-35-42(45)51-40(39-50-52(46,47)49-37-36-43(3,4)5)38-48-41(44)34-32-30-28-26-24-22-19-17-15-13-11-9-7-2/h20-21,40H,6-19,22-39H2,1-5H3/b21-20-/t40-/m1/s1/i42+2. The molecule has 308 valence electrons. The third-order valence-electron chi connectivity index (χ3n) is 9.29. The first-order valence-corrected chi connectivity index (χ1v) is 22.9. The molecule has 0 saturated heterocycles. The molecule has 2 atom stereocenters. The summed E-state index contributed by atoms with van der Waals surface area (Å²) >= 11 is 0. The second-order valence-electron chi connectivity index (χ2n) is 15.7. The molecule has 0 fully saturated rings. The molecule has 1 unspecified atom stereocenters. The third-order valence-corrected chi connectivity index (χ3v) is 10.2. The monoisotopic (exact) mass is 762 g/mol. The van der Waals surface area contributed by atoms with Crippen molar-refractivity contribution in [2.75, 3.05) is 47.5 Å². The van der Waals surface area contributed by atoms with Crippen molar-refractivity contribution >= 4 is 19.8 Å². The van der Waals surface area contributed by atoms with Crippen LogP contribution in [0.3, 0.4) is 0 Å².